The molecule has 0 amide bonds. The molecule has 1 aliphatic carbocycles. The highest BCUT2D eigenvalue weighted by molar-refractivity contribution is 5.05. The highest BCUT2D eigenvalue weighted by Gasteiger charge is 2.49. The number of hydrogen-bond donors (Lipinski definition) is 1. The van der Waals surface area contributed by atoms with E-state index in [1.54, 1.807) is 0 Å². The average molecular weight is 253 g/mol. The van der Waals surface area contributed by atoms with Crippen molar-refractivity contribution in [1.82, 2.24) is 9.80 Å². The van der Waals surface area contributed by atoms with Crippen molar-refractivity contribution in [2.75, 3.05) is 33.2 Å². The molecule has 2 fully saturated rings. The van der Waals surface area contributed by atoms with Gasteiger partial charge >= 0.3 is 0 Å². The number of nitrogens with two attached hydrogens (primary N) is 1. The summed E-state index contributed by atoms with van der Waals surface area (Å²) in [6, 6.07) is 0.722. The first-order valence-corrected chi connectivity index (χ1v) is 7.67. The van der Waals surface area contributed by atoms with E-state index in [0.717, 1.165) is 24.4 Å². The van der Waals surface area contributed by atoms with E-state index in [1.165, 1.54) is 38.9 Å². The zero-order chi connectivity index (χ0) is 13.3. The summed E-state index contributed by atoms with van der Waals surface area (Å²) in [6.45, 7) is 11.5. The van der Waals surface area contributed by atoms with Crippen LogP contribution in [0.15, 0.2) is 0 Å². The van der Waals surface area contributed by atoms with Crippen LogP contribution in [0.5, 0.6) is 0 Å². The van der Waals surface area contributed by atoms with E-state index in [1.807, 2.05) is 0 Å². The SMILES string of the molecule is CCC1CN(C2(CN)CC(C(C)C)C2)CCN1C. The zero-order valence-corrected chi connectivity index (χ0v) is 12.7. The van der Waals surface area contributed by atoms with Crippen LogP contribution in [0.3, 0.4) is 0 Å². The van der Waals surface area contributed by atoms with Gasteiger partial charge in [0.1, 0.15) is 0 Å². The van der Waals surface area contributed by atoms with Crippen LogP contribution >= 0.6 is 0 Å². The Bertz CT molecular complexity index is 271. The first-order chi connectivity index (χ1) is 8.52. The number of likely N-dealkylation sites (N-methyl/N-ethyl adjacent to an activating group) is 1. The number of hydrogen-bond acceptors (Lipinski definition) is 3. The van der Waals surface area contributed by atoms with Crippen molar-refractivity contribution < 1.29 is 0 Å². The Labute approximate surface area is 113 Å². The van der Waals surface area contributed by atoms with Gasteiger partial charge in [0.25, 0.3) is 0 Å². The molecular weight excluding hydrogens is 222 g/mol. The molecule has 1 heterocycles. The van der Waals surface area contributed by atoms with Crippen LogP contribution < -0.4 is 5.73 Å². The van der Waals surface area contributed by atoms with Crippen LogP contribution in [0.1, 0.15) is 40.0 Å². The molecule has 1 unspecified atom stereocenters. The number of piperazine rings is 1. The van der Waals surface area contributed by atoms with Crippen molar-refractivity contribution in [3.63, 3.8) is 0 Å². The van der Waals surface area contributed by atoms with Crippen LogP contribution in [0, 0.1) is 11.8 Å². The lowest BCUT2D eigenvalue weighted by molar-refractivity contribution is -0.0685. The molecule has 0 bridgehead atoms. The third-order valence-electron chi connectivity index (χ3n) is 5.53. The minimum atomic E-state index is 0.337. The Morgan fingerprint density at radius 2 is 1.94 bits per heavy atom. The molecule has 2 rings (SSSR count). The van der Waals surface area contributed by atoms with Gasteiger partial charge in [0.2, 0.25) is 0 Å². The van der Waals surface area contributed by atoms with Gasteiger partial charge in [0.15, 0.2) is 0 Å². The molecule has 3 heteroatoms. The van der Waals surface area contributed by atoms with Gasteiger partial charge in [0, 0.05) is 37.8 Å². The van der Waals surface area contributed by atoms with Crippen LogP contribution in [-0.4, -0.2) is 54.6 Å². The topological polar surface area (TPSA) is 32.5 Å². The van der Waals surface area contributed by atoms with Crippen molar-refractivity contribution in [2.45, 2.75) is 51.6 Å². The van der Waals surface area contributed by atoms with E-state index in [4.69, 9.17) is 5.73 Å². The van der Waals surface area contributed by atoms with Crippen molar-refractivity contribution in [2.24, 2.45) is 17.6 Å². The largest absolute Gasteiger partial charge is 0.329 e. The van der Waals surface area contributed by atoms with Crippen LogP contribution in [0.2, 0.25) is 0 Å². The number of nitrogens with zero attached hydrogens (tertiary/aromatic N) is 2. The molecule has 2 aliphatic rings. The summed E-state index contributed by atoms with van der Waals surface area (Å²) in [5, 5.41) is 0. The molecule has 3 nitrogen and oxygen atoms in total. The summed E-state index contributed by atoms with van der Waals surface area (Å²) in [6.07, 6.45) is 3.89. The molecule has 1 aliphatic heterocycles. The quantitative estimate of drug-likeness (QED) is 0.829. The fourth-order valence-corrected chi connectivity index (χ4v) is 3.76. The maximum Gasteiger partial charge on any atom is 0.0338 e. The molecule has 18 heavy (non-hydrogen) atoms. The normalized spacial score (nSPS) is 39.0. The van der Waals surface area contributed by atoms with Gasteiger partial charge in [-0.2, -0.15) is 0 Å². The molecule has 106 valence electrons. The van der Waals surface area contributed by atoms with Gasteiger partial charge in [-0.05, 0) is 38.1 Å². The fraction of sp³-hybridized carbons (Fsp3) is 1.00. The summed E-state index contributed by atoms with van der Waals surface area (Å²) in [4.78, 5) is 5.22. The van der Waals surface area contributed by atoms with Gasteiger partial charge in [-0.3, -0.25) is 4.90 Å². The molecule has 1 atom stereocenters. The van der Waals surface area contributed by atoms with E-state index in [-0.39, 0.29) is 0 Å². The third-order valence-corrected chi connectivity index (χ3v) is 5.53. The Morgan fingerprint density at radius 3 is 2.44 bits per heavy atom. The molecule has 0 aromatic rings. The molecular formula is C15H31N3. The van der Waals surface area contributed by atoms with Gasteiger partial charge in [-0.15, -0.1) is 0 Å². The zero-order valence-electron chi connectivity index (χ0n) is 12.7. The highest BCUT2D eigenvalue weighted by Crippen LogP contribution is 2.46. The van der Waals surface area contributed by atoms with Crippen LogP contribution in [-0.2, 0) is 0 Å². The average Bonchev–Trinajstić information content (AvgIpc) is 2.29. The lowest BCUT2D eigenvalue weighted by Crippen LogP contribution is -2.67. The summed E-state index contributed by atoms with van der Waals surface area (Å²) >= 11 is 0. The summed E-state index contributed by atoms with van der Waals surface area (Å²) in [7, 11) is 2.26. The van der Waals surface area contributed by atoms with Crippen molar-refractivity contribution in [1.29, 1.82) is 0 Å². The molecule has 2 N–H and O–H groups in total. The molecule has 0 radical (unpaired) electrons. The van der Waals surface area contributed by atoms with Crippen molar-refractivity contribution >= 4 is 0 Å². The predicted octanol–water partition coefficient (Wildman–Crippen LogP) is 1.78. The number of rotatable bonds is 4. The minimum absolute atomic E-state index is 0.337. The maximum atomic E-state index is 6.13. The van der Waals surface area contributed by atoms with E-state index >= 15 is 0 Å². The van der Waals surface area contributed by atoms with E-state index in [0.29, 0.717) is 5.54 Å². The fourth-order valence-electron chi connectivity index (χ4n) is 3.76. The lowest BCUT2D eigenvalue weighted by atomic mass is 9.63. The third kappa shape index (κ3) is 2.45. The van der Waals surface area contributed by atoms with Crippen molar-refractivity contribution in [3.8, 4) is 0 Å². The molecule has 1 saturated heterocycles. The standard InChI is InChI=1S/C15H31N3/c1-5-14-10-18(7-6-17(14)4)15(11-16)8-13(9-15)12(2)3/h12-14H,5-11,16H2,1-4H3. The Hall–Kier alpha value is -0.120. The van der Waals surface area contributed by atoms with Gasteiger partial charge in [0.05, 0.1) is 0 Å². The minimum Gasteiger partial charge on any atom is -0.329 e. The summed E-state index contributed by atoms with van der Waals surface area (Å²) in [5.74, 6) is 1.72. The second-order valence-corrected chi connectivity index (χ2v) is 6.83. The monoisotopic (exact) mass is 253 g/mol. The Balaban J connectivity index is 1.98. The molecule has 0 spiro atoms. The molecule has 0 aromatic heterocycles. The smallest absolute Gasteiger partial charge is 0.0338 e. The van der Waals surface area contributed by atoms with E-state index in [2.05, 4.69) is 37.6 Å². The van der Waals surface area contributed by atoms with Gasteiger partial charge in [-0.25, -0.2) is 0 Å². The first kappa shape index (κ1) is 14.3. The summed E-state index contributed by atoms with van der Waals surface area (Å²) < 4.78 is 0. The summed E-state index contributed by atoms with van der Waals surface area (Å²) in [5.41, 5.74) is 6.47. The van der Waals surface area contributed by atoms with Gasteiger partial charge < -0.3 is 10.6 Å². The molecule has 1 saturated carbocycles. The van der Waals surface area contributed by atoms with Gasteiger partial charge in [-0.1, -0.05) is 20.8 Å². The highest BCUT2D eigenvalue weighted by atomic mass is 15.3. The lowest BCUT2D eigenvalue weighted by Gasteiger charge is -2.58. The second-order valence-electron chi connectivity index (χ2n) is 6.83. The predicted molar refractivity (Wildman–Crippen MR) is 77.6 cm³/mol. The second kappa shape index (κ2) is 5.48. The van der Waals surface area contributed by atoms with E-state index < -0.39 is 0 Å². The van der Waals surface area contributed by atoms with Crippen LogP contribution in [0.4, 0.5) is 0 Å². The van der Waals surface area contributed by atoms with E-state index in [9.17, 15) is 0 Å². The first-order valence-electron chi connectivity index (χ1n) is 7.67. The Morgan fingerprint density at radius 1 is 1.28 bits per heavy atom. The maximum absolute atomic E-state index is 6.13. The molecule has 0 aromatic carbocycles. The van der Waals surface area contributed by atoms with Crippen molar-refractivity contribution in [3.05, 3.63) is 0 Å². The Kier molecular flexibility index (Phi) is 4.35. The van der Waals surface area contributed by atoms with Crippen LogP contribution in [0.25, 0.3) is 0 Å².